The largest absolute Gasteiger partial charge is 0.491 e. The quantitative estimate of drug-likeness (QED) is 0.696. The molecular weight excluding hydrogens is 242 g/mol. The molecule has 1 aliphatic carbocycles. The van der Waals surface area contributed by atoms with E-state index in [1.165, 1.54) is 0 Å². The van der Waals surface area contributed by atoms with E-state index in [4.69, 9.17) is 4.74 Å². The number of aliphatic hydroxyl groups excluding tert-OH is 2. The zero-order chi connectivity index (χ0) is 13.6. The second kappa shape index (κ2) is 6.89. The van der Waals surface area contributed by atoms with E-state index in [1.54, 1.807) is 0 Å². The molecule has 1 fully saturated rings. The van der Waals surface area contributed by atoms with Crippen molar-refractivity contribution in [3.8, 4) is 5.75 Å². The minimum Gasteiger partial charge on any atom is -0.491 e. The van der Waals surface area contributed by atoms with Gasteiger partial charge in [-0.05, 0) is 25.0 Å². The van der Waals surface area contributed by atoms with Gasteiger partial charge in [0.15, 0.2) is 0 Å². The molecule has 0 aliphatic heterocycles. The van der Waals surface area contributed by atoms with Crippen LogP contribution in [0.1, 0.15) is 25.7 Å². The SMILES string of the molecule is OCC1(NCC(O)COc2ccccc2)CCCC1. The van der Waals surface area contributed by atoms with Gasteiger partial charge in [-0.2, -0.15) is 0 Å². The molecule has 0 spiro atoms. The fourth-order valence-electron chi connectivity index (χ4n) is 2.54. The van der Waals surface area contributed by atoms with Gasteiger partial charge >= 0.3 is 0 Å². The molecule has 4 nitrogen and oxygen atoms in total. The molecule has 2 rings (SSSR count). The van der Waals surface area contributed by atoms with E-state index in [0.717, 1.165) is 31.4 Å². The molecule has 1 aromatic rings. The lowest BCUT2D eigenvalue weighted by molar-refractivity contribution is 0.0850. The fourth-order valence-corrected chi connectivity index (χ4v) is 2.54. The molecule has 1 saturated carbocycles. The number of β-amino-alcohol motifs (C(OH)–C–C–N with tert-alkyl or cyclic N) is 1. The van der Waals surface area contributed by atoms with E-state index in [9.17, 15) is 10.2 Å². The van der Waals surface area contributed by atoms with Crippen molar-refractivity contribution in [2.24, 2.45) is 0 Å². The topological polar surface area (TPSA) is 61.7 Å². The van der Waals surface area contributed by atoms with E-state index in [2.05, 4.69) is 5.32 Å². The van der Waals surface area contributed by atoms with Crippen molar-refractivity contribution in [3.05, 3.63) is 30.3 Å². The summed E-state index contributed by atoms with van der Waals surface area (Å²) in [5.41, 5.74) is -0.187. The van der Waals surface area contributed by atoms with Crippen LogP contribution in [0, 0.1) is 0 Å². The Kier molecular flexibility index (Phi) is 5.19. The molecule has 0 aromatic heterocycles. The summed E-state index contributed by atoms with van der Waals surface area (Å²) in [6.07, 6.45) is 3.68. The van der Waals surface area contributed by atoms with Crippen LogP contribution in [0.3, 0.4) is 0 Å². The Labute approximate surface area is 114 Å². The van der Waals surface area contributed by atoms with Gasteiger partial charge in [0.25, 0.3) is 0 Å². The van der Waals surface area contributed by atoms with Gasteiger partial charge in [-0.1, -0.05) is 31.0 Å². The van der Waals surface area contributed by atoms with Crippen molar-refractivity contribution in [2.75, 3.05) is 19.8 Å². The second-order valence-corrected chi connectivity index (χ2v) is 5.30. The van der Waals surface area contributed by atoms with Crippen molar-refractivity contribution in [1.82, 2.24) is 5.32 Å². The summed E-state index contributed by atoms with van der Waals surface area (Å²) in [5, 5.41) is 22.7. The average Bonchev–Trinajstić information content (AvgIpc) is 2.93. The number of aliphatic hydroxyl groups is 2. The van der Waals surface area contributed by atoms with Crippen molar-refractivity contribution in [1.29, 1.82) is 0 Å². The maximum absolute atomic E-state index is 9.91. The molecule has 1 aliphatic rings. The van der Waals surface area contributed by atoms with Gasteiger partial charge in [-0.15, -0.1) is 0 Å². The van der Waals surface area contributed by atoms with Gasteiger partial charge in [0, 0.05) is 12.1 Å². The molecule has 3 N–H and O–H groups in total. The molecule has 1 aromatic carbocycles. The van der Waals surface area contributed by atoms with Gasteiger partial charge in [0.05, 0.1) is 6.61 Å². The Morgan fingerprint density at radius 2 is 1.89 bits per heavy atom. The Morgan fingerprint density at radius 3 is 2.53 bits per heavy atom. The maximum Gasteiger partial charge on any atom is 0.119 e. The Balaban J connectivity index is 1.71. The normalized spacial score (nSPS) is 19.3. The average molecular weight is 265 g/mol. The molecule has 0 bridgehead atoms. The summed E-state index contributed by atoms with van der Waals surface area (Å²) in [6.45, 7) is 0.852. The van der Waals surface area contributed by atoms with E-state index in [1.807, 2.05) is 30.3 Å². The summed E-state index contributed by atoms with van der Waals surface area (Å²) in [5.74, 6) is 0.763. The van der Waals surface area contributed by atoms with Crippen LogP contribution < -0.4 is 10.1 Å². The van der Waals surface area contributed by atoms with Gasteiger partial charge < -0.3 is 20.3 Å². The van der Waals surface area contributed by atoms with E-state index < -0.39 is 6.10 Å². The first-order valence-electron chi connectivity index (χ1n) is 6.96. The zero-order valence-corrected chi connectivity index (χ0v) is 11.2. The third kappa shape index (κ3) is 4.20. The highest BCUT2D eigenvalue weighted by atomic mass is 16.5. The molecule has 0 saturated heterocycles. The number of rotatable bonds is 7. The minimum absolute atomic E-state index is 0.138. The maximum atomic E-state index is 9.91. The van der Waals surface area contributed by atoms with Crippen molar-refractivity contribution in [3.63, 3.8) is 0 Å². The molecule has 4 heteroatoms. The molecule has 1 unspecified atom stereocenters. The molecule has 0 heterocycles. The summed E-state index contributed by atoms with van der Waals surface area (Å²) >= 11 is 0. The van der Waals surface area contributed by atoms with Gasteiger partial charge in [-0.25, -0.2) is 0 Å². The molecular formula is C15H23NO3. The Morgan fingerprint density at radius 1 is 1.21 bits per heavy atom. The monoisotopic (exact) mass is 265 g/mol. The molecule has 0 radical (unpaired) electrons. The van der Waals surface area contributed by atoms with Crippen LogP contribution in [-0.4, -0.2) is 41.6 Å². The number of ether oxygens (including phenoxy) is 1. The van der Waals surface area contributed by atoms with E-state index in [-0.39, 0.29) is 18.8 Å². The van der Waals surface area contributed by atoms with Crippen LogP contribution in [0.5, 0.6) is 5.75 Å². The second-order valence-electron chi connectivity index (χ2n) is 5.30. The van der Waals surface area contributed by atoms with Crippen molar-refractivity contribution >= 4 is 0 Å². The van der Waals surface area contributed by atoms with Crippen molar-refractivity contribution in [2.45, 2.75) is 37.3 Å². The standard InChI is InChI=1S/C15H23NO3/c17-12-15(8-4-5-9-15)16-10-13(18)11-19-14-6-2-1-3-7-14/h1-3,6-7,13,16-18H,4-5,8-12H2. The predicted molar refractivity (Wildman–Crippen MR) is 74.2 cm³/mol. The molecule has 0 amide bonds. The Bertz CT molecular complexity index is 363. The zero-order valence-electron chi connectivity index (χ0n) is 11.2. The van der Waals surface area contributed by atoms with Crippen LogP contribution >= 0.6 is 0 Å². The first kappa shape index (κ1) is 14.3. The first-order valence-corrected chi connectivity index (χ1v) is 6.96. The van der Waals surface area contributed by atoms with Crippen molar-refractivity contribution < 1.29 is 14.9 Å². The smallest absolute Gasteiger partial charge is 0.119 e. The lowest BCUT2D eigenvalue weighted by atomic mass is 9.99. The van der Waals surface area contributed by atoms with Gasteiger partial charge in [0.2, 0.25) is 0 Å². The molecule has 19 heavy (non-hydrogen) atoms. The number of hydrogen-bond donors (Lipinski definition) is 3. The summed E-state index contributed by atoms with van der Waals surface area (Å²) in [7, 11) is 0. The highest BCUT2D eigenvalue weighted by molar-refractivity contribution is 5.20. The lowest BCUT2D eigenvalue weighted by Crippen LogP contribution is -2.49. The molecule has 106 valence electrons. The summed E-state index contributed by atoms with van der Waals surface area (Å²) < 4.78 is 5.50. The Hall–Kier alpha value is -1.10. The van der Waals surface area contributed by atoms with Crippen LogP contribution in [0.4, 0.5) is 0 Å². The third-order valence-corrected chi connectivity index (χ3v) is 3.76. The van der Waals surface area contributed by atoms with Crippen LogP contribution in [0.25, 0.3) is 0 Å². The highest BCUT2D eigenvalue weighted by Crippen LogP contribution is 2.28. The highest BCUT2D eigenvalue weighted by Gasteiger charge is 2.32. The summed E-state index contributed by atoms with van der Waals surface area (Å²) in [4.78, 5) is 0. The van der Waals surface area contributed by atoms with Crippen LogP contribution in [-0.2, 0) is 0 Å². The number of benzene rings is 1. The van der Waals surface area contributed by atoms with E-state index in [0.29, 0.717) is 6.54 Å². The number of nitrogens with one attached hydrogen (secondary N) is 1. The van der Waals surface area contributed by atoms with Gasteiger partial charge in [0.1, 0.15) is 18.5 Å². The van der Waals surface area contributed by atoms with E-state index >= 15 is 0 Å². The number of hydrogen-bond acceptors (Lipinski definition) is 4. The number of para-hydroxylation sites is 1. The predicted octanol–water partition coefficient (Wildman–Crippen LogP) is 1.32. The fraction of sp³-hybridized carbons (Fsp3) is 0.600. The lowest BCUT2D eigenvalue weighted by Gasteiger charge is -2.29. The molecule has 1 atom stereocenters. The third-order valence-electron chi connectivity index (χ3n) is 3.76. The first-order chi connectivity index (χ1) is 9.24. The van der Waals surface area contributed by atoms with Gasteiger partial charge in [-0.3, -0.25) is 0 Å². The summed E-state index contributed by atoms with van der Waals surface area (Å²) in [6, 6.07) is 9.47. The van der Waals surface area contributed by atoms with Crippen LogP contribution in [0.2, 0.25) is 0 Å². The minimum atomic E-state index is -0.566. The van der Waals surface area contributed by atoms with Crippen LogP contribution in [0.15, 0.2) is 30.3 Å².